The smallest absolute Gasteiger partial charge is 0.338 e. The number of aryl methyl sites for hydroxylation is 2. The van der Waals surface area contributed by atoms with Crippen LogP contribution in [0, 0.1) is 36.5 Å². The largest absolute Gasteiger partial charge is 0.493 e. The molecule has 1 aromatic carbocycles. The van der Waals surface area contributed by atoms with Crippen LogP contribution in [0.2, 0.25) is 0 Å². The van der Waals surface area contributed by atoms with Gasteiger partial charge in [-0.05, 0) is 38.5 Å². The molecule has 36 heavy (non-hydrogen) atoms. The lowest BCUT2D eigenvalue weighted by molar-refractivity contribution is -0.139. The van der Waals surface area contributed by atoms with E-state index in [4.69, 9.17) is 24.7 Å². The zero-order valence-electron chi connectivity index (χ0n) is 20.7. The average Bonchev–Trinajstić information content (AvgIpc) is 2.86. The number of pyridine rings is 1. The summed E-state index contributed by atoms with van der Waals surface area (Å²) in [5.74, 6) is -0.623. The highest BCUT2D eigenvalue weighted by molar-refractivity contribution is 7.99. The molecule has 3 rings (SSSR count). The molecule has 10 heteroatoms. The first kappa shape index (κ1) is 26.5. The maximum absolute atomic E-state index is 13.3. The first-order chi connectivity index (χ1) is 17.3. The van der Waals surface area contributed by atoms with Gasteiger partial charge in [0.05, 0.1) is 43.6 Å². The van der Waals surface area contributed by atoms with E-state index in [1.807, 2.05) is 19.9 Å². The highest BCUT2D eigenvalue weighted by Crippen LogP contribution is 2.46. The number of rotatable bonds is 8. The molecule has 2 heterocycles. The lowest BCUT2D eigenvalue weighted by atomic mass is 9.82. The van der Waals surface area contributed by atoms with Gasteiger partial charge in [0.15, 0.2) is 11.5 Å². The molecule has 0 radical (unpaired) electrons. The molecular formula is C26H26N4O5S. The molecule has 0 bridgehead atoms. The Labute approximate surface area is 214 Å². The van der Waals surface area contributed by atoms with Gasteiger partial charge in [0, 0.05) is 11.3 Å². The van der Waals surface area contributed by atoms with Gasteiger partial charge in [0.25, 0.3) is 0 Å². The summed E-state index contributed by atoms with van der Waals surface area (Å²) in [6.45, 7) is 5.47. The molecule has 1 aliphatic rings. The number of allylic oxidation sites excluding steroid dienone is 1. The number of para-hydroxylation sites is 1. The van der Waals surface area contributed by atoms with Crippen LogP contribution >= 0.6 is 11.8 Å². The Bertz CT molecular complexity index is 1340. The second kappa shape index (κ2) is 11.5. The van der Waals surface area contributed by atoms with E-state index in [9.17, 15) is 15.3 Å². The lowest BCUT2D eigenvalue weighted by Gasteiger charge is -2.29. The summed E-state index contributed by atoms with van der Waals surface area (Å²) < 4.78 is 22.2. The van der Waals surface area contributed by atoms with Gasteiger partial charge in [-0.15, -0.1) is 0 Å². The fourth-order valence-electron chi connectivity index (χ4n) is 3.98. The normalized spacial score (nSPS) is 15.0. The van der Waals surface area contributed by atoms with Gasteiger partial charge in [0.2, 0.25) is 5.88 Å². The molecule has 2 N–H and O–H groups in total. The Morgan fingerprint density at radius 1 is 1.22 bits per heavy atom. The van der Waals surface area contributed by atoms with Crippen molar-refractivity contribution >= 4 is 17.7 Å². The summed E-state index contributed by atoms with van der Waals surface area (Å²) in [5, 5.41) is 20.1. The summed E-state index contributed by atoms with van der Waals surface area (Å²) in [4.78, 5) is 17.8. The number of nitrogens with two attached hydrogens (primary N) is 1. The van der Waals surface area contributed by atoms with E-state index in [2.05, 4.69) is 17.1 Å². The zero-order valence-corrected chi connectivity index (χ0v) is 21.5. The minimum atomic E-state index is -0.925. The maximum atomic E-state index is 13.3. The topological polar surface area (TPSA) is 140 Å². The van der Waals surface area contributed by atoms with Crippen molar-refractivity contribution in [3.63, 3.8) is 0 Å². The standard InChI is InChI=1S/C26H26N4O5S/c1-6-34-26(31)22-20(13-36-25-17(11-27)14(2)10-15(3)30-25)35-24(29)18(12-28)21(22)16-8-7-9-19(32-4)23(16)33-5/h7-10,21H,6,13,29H2,1-5H3/t21-/m1/s1. The molecule has 0 fully saturated rings. The first-order valence-electron chi connectivity index (χ1n) is 11.0. The Hall–Kier alpha value is -4.15. The molecule has 0 saturated heterocycles. The Morgan fingerprint density at radius 3 is 2.58 bits per heavy atom. The minimum absolute atomic E-state index is 0.0422. The van der Waals surface area contributed by atoms with Crippen LogP contribution in [-0.2, 0) is 14.3 Å². The van der Waals surface area contributed by atoms with Gasteiger partial charge in [-0.25, -0.2) is 9.78 Å². The van der Waals surface area contributed by atoms with E-state index in [-0.39, 0.29) is 35.1 Å². The molecule has 1 atom stereocenters. The van der Waals surface area contributed by atoms with Crippen LogP contribution in [0.1, 0.15) is 35.2 Å². The third-order valence-electron chi connectivity index (χ3n) is 5.50. The van der Waals surface area contributed by atoms with E-state index in [0.29, 0.717) is 27.7 Å². The third-order valence-corrected chi connectivity index (χ3v) is 6.48. The van der Waals surface area contributed by atoms with Crippen LogP contribution in [0.4, 0.5) is 0 Å². The van der Waals surface area contributed by atoms with Gasteiger partial charge >= 0.3 is 5.97 Å². The quantitative estimate of drug-likeness (QED) is 0.412. The second-order valence-corrected chi connectivity index (χ2v) is 8.69. The zero-order chi connectivity index (χ0) is 26.4. The number of benzene rings is 1. The van der Waals surface area contributed by atoms with Crippen LogP contribution in [0.25, 0.3) is 0 Å². The van der Waals surface area contributed by atoms with Crippen LogP contribution in [0.3, 0.4) is 0 Å². The molecule has 1 aromatic heterocycles. The summed E-state index contributed by atoms with van der Waals surface area (Å²) in [6.07, 6.45) is 0. The predicted molar refractivity (Wildman–Crippen MR) is 133 cm³/mol. The van der Waals surface area contributed by atoms with Crippen LogP contribution in [0.15, 0.2) is 52.1 Å². The highest BCUT2D eigenvalue weighted by Gasteiger charge is 2.39. The van der Waals surface area contributed by atoms with Crippen molar-refractivity contribution in [2.45, 2.75) is 31.7 Å². The number of methoxy groups -OCH3 is 2. The molecule has 186 valence electrons. The molecule has 0 aliphatic carbocycles. The van der Waals surface area contributed by atoms with Gasteiger partial charge in [-0.3, -0.25) is 0 Å². The monoisotopic (exact) mass is 506 g/mol. The fraction of sp³-hybridized carbons (Fsp3) is 0.308. The van der Waals surface area contributed by atoms with Crippen LogP contribution in [0.5, 0.6) is 11.5 Å². The molecule has 1 aliphatic heterocycles. The van der Waals surface area contributed by atoms with Crippen molar-refractivity contribution in [3.8, 4) is 23.6 Å². The van der Waals surface area contributed by atoms with E-state index in [1.165, 1.54) is 26.0 Å². The van der Waals surface area contributed by atoms with Gasteiger partial charge in [-0.1, -0.05) is 23.9 Å². The molecule has 0 unspecified atom stereocenters. The van der Waals surface area contributed by atoms with Gasteiger partial charge in [0.1, 0.15) is 28.5 Å². The number of esters is 1. The number of thioether (sulfide) groups is 1. The first-order valence-corrected chi connectivity index (χ1v) is 12.0. The molecule has 0 spiro atoms. The molecule has 9 nitrogen and oxygen atoms in total. The fourth-order valence-corrected chi connectivity index (χ4v) is 5.03. The van der Waals surface area contributed by atoms with Crippen molar-refractivity contribution in [3.05, 3.63) is 69.4 Å². The van der Waals surface area contributed by atoms with Crippen molar-refractivity contribution in [1.29, 1.82) is 10.5 Å². The van der Waals surface area contributed by atoms with Crippen LogP contribution < -0.4 is 15.2 Å². The van der Waals surface area contributed by atoms with Crippen molar-refractivity contribution in [1.82, 2.24) is 4.98 Å². The molecule has 2 aromatic rings. The van der Waals surface area contributed by atoms with Crippen molar-refractivity contribution in [2.75, 3.05) is 26.6 Å². The Kier molecular flexibility index (Phi) is 8.46. The van der Waals surface area contributed by atoms with E-state index in [1.54, 1.807) is 25.1 Å². The van der Waals surface area contributed by atoms with Gasteiger partial charge < -0.3 is 24.7 Å². The summed E-state index contributed by atoms with van der Waals surface area (Å²) in [5.41, 5.74) is 8.81. The summed E-state index contributed by atoms with van der Waals surface area (Å²) >= 11 is 1.23. The number of ether oxygens (including phenoxy) is 4. The number of nitrogens with zero attached hydrogens (tertiary/aromatic N) is 3. The van der Waals surface area contributed by atoms with Crippen molar-refractivity contribution in [2.24, 2.45) is 5.73 Å². The van der Waals surface area contributed by atoms with E-state index >= 15 is 0 Å². The highest BCUT2D eigenvalue weighted by atomic mass is 32.2. The summed E-state index contributed by atoms with van der Waals surface area (Å²) in [7, 11) is 2.97. The lowest BCUT2D eigenvalue weighted by Crippen LogP contribution is -2.27. The number of carbonyl (C=O) groups is 1. The van der Waals surface area contributed by atoms with E-state index < -0.39 is 11.9 Å². The number of hydrogen-bond acceptors (Lipinski definition) is 10. The third kappa shape index (κ3) is 5.09. The van der Waals surface area contributed by atoms with E-state index in [0.717, 1.165) is 11.3 Å². The molecular weight excluding hydrogens is 480 g/mol. The SMILES string of the molecule is CCOC(=O)C1=C(CSc2nc(C)cc(C)c2C#N)OC(N)=C(C#N)[C@H]1c1cccc(OC)c1OC. The number of nitriles is 2. The van der Waals surface area contributed by atoms with Gasteiger partial charge in [-0.2, -0.15) is 10.5 Å². The van der Waals surface area contributed by atoms with Crippen molar-refractivity contribution < 1.29 is 23.7 Å². The predicted octanol–water partition coefficient (Wildman–Crippen LogP) is 4.00. The Morgan fingerprint density at radius 2 is 1.97 bits per heavy atom. The number of carbonyl (C=O) groups excluding carboxylic acids is 1. The molecule has 0 saturated carbocycles. The average molecular weight is 507 g/mol. The number of hydrogen-bond donors (Lipinski definition) is 1. The molecule has 0 amide bonds. The minimum Gasteiger partial charge on any atom is -0.493 e. The Balaban J connectivity index is 2.20. The summed E-state index contributed by atoms with van der Waals surface area (Å²) in [6, 6.07) is 11.2. The van der Waals surface area contributed by atoms with Crippen LogP contribution in [-0.4, -0.2) is 37.5 Å². The second-order valence-electron chi connectivity index (χ2n) is 7.73. The number of aromatic nitrogens is 1. The maximum Gasteiger partial charge on any atom is 0.338 e.